The number of hydrogen-bond donors (Lipinski definition) is 2. The van der Waals surface area contributed by atoms with Crippen LogP contribution in [-0.4, -0.2) is 25.7 Å². The summed E-state index contributed by atoms with van der Waals surface area (Å²) in [6, 6.07) is 4.72. The van der Waals surface area contributed by atoms with Gasteiger partial charge in [-0.1, -0.05) is 18.2 Å². The highest BCUT2D eigenvalue weighted by molar-refractivity contribution is 5.77. The van der Waals surface area contributed by atoms with E-state index in [2.05, 4.69) is 16.9 Å². The van der Waals surface area contributed by atoms with E-state index in [0.717, 1.165) is 17.7 Å². The highest BCUT2D eigenvalue weighted by Crippen LogP contribution is 2.31. The topological polar surface area (TPSA) is 59.6 Å². The molecule has 1 aromatic rings. The van der Waals surface area contributed by atoms with Crippen LogP contribution in [0.15, 0.2) is 41.4 Å². The van der Waals surface area contributed by atoms with Crippen LogP contribution in [0.25, 0.3) is 0 Å². The Morgan fingerprint density at radius 1 is 1.43 bits per heavy atom. The van der Waals surface area contributed by atoms with E-state index in [1.54, 1.807) is 0 Å². The van der Waals surface area contributed by atoms with Gasteiger partial charge in [-0.3, -0.25) is 0 Å². The number of halogens is 3. The van der Waals surface area contributed by atoms with E-state index < -0.39 is 11.7 Å². The van der Waals surface area contributed by atoms with E-state index in [0.29, 0.717) is 13.1 Å². The van der Waals surface area contributed by atoms with Crippen LogP contribution in [0.3, 0.4) is 0 Å². The molecule has 0 radical (unpaired) electrons. The van der Waals surface area contributed by atoms with Crippen LogP contribution >= 0.6 is 0 Å². The first kappa shape index (κ1) is 16.9. The smallest absolute Gasteiger partial charge is 0.416 e. The Labute approximate surface area is 121 Å². The van der Waals surface area contributed by atoms with Gasteiger partial charge in [0.05, 0.1) is 18.7 Å². The quantitative estimate of drug-likeness (QED) is 0.367. The molecule has 7 heteroatoms. The van der Waals surface area contributed by atoms with Crippen LogP contribution in [0.2, 0.25) is 0 Å². The third kappa shape index (κ3) is 6.69. The molecule has 116 valence electrons. The van der Waals surface area contributed by atoms with Gasteiger partial charge in [-0.15, -0.1) is 0 Å². The minimum atomic E-state index is -4.38. The predicted molar refractivity (Wildman–Crippen MR) is 76.2 cm³/mol. The SMILES string of the molecule is C=C(C)CN=C(N)NCCOc1cccc(C(F)(F)F)c1. The molecule has 0 unspecified atom stereocenters. The van der Waals surface area contributed by atoms with Crippen LogP contribution in [0.1, 0.15) is 12.5 Å². The zero-order chi connectivity index (χ0) is 15.9. The molecule has 4 nitrogen and oxygen atoms in total. The summed E-state index contributed by atoms with van der Waals surface area (Å²) < 4.78 is 42.7. The Morgan fingerprint density at radius 3 is 2.76 bits per heavy atom. The van der Waals surface area contributed by atoms with Gasteiger partial charge in [-0.25, -0.2) is 4.99 Å². The van der Waals surface area contributed by atoms with Crippen molar-refractivity contribution < 1.29 is 17.9 Å². The van der Waals surface area contributed by atoms with Gasteiger partial charge in [-0.05, 0) is 25.1 Å². The van der Waals surface area contributed by atoms with Crippen LogP contribution < -0.4 is 15.8 Å². The summed E-state index contributed by atoms with van der Waals surface area (Å²) in [6.45, 7) is 6.44. The van der Waals surface area contributed by atoms with Gasteiger partial charge in [0.25, 0.3) is 0 Å². The van der Waals surface area contributed by atoms with Gasteiger partial charge in [0.15, 0.2) is 5.96 Å². The average molecular weight is 301 g/mol. The lowest BCUT2D eigenvalue weighted by molar-refractivity contribution is -0.137. The fraction of sp³-hybridized carbons (Fsp3) is 0.357. The fourth-order valence-electron chi connectivity index (χ4n) is 1.39. The van der Waals surface area contributed by atoms with Crippen LogP contribution in [0, 0.1) is 0 Å². The molecule has 0 heterocycles. The highest BCUT2D eigenvalue weighted by atomic mass is 19.4. The predicted octanol–water partition coefficient (Wildman–Crippen LogP) is 2.56. The molecule has 0 aliphatic carbocycles. The molecule has 0 saturated carbocycles. The van der Waals surface area contributed by atoms with Gasteiger partial charge >= 0.3 is 6.18 Å². The summed E-state index contributed by atoms with van der Waals surface area (Å²) >= 11 is 0. The molecule has 0 fully saturated rings. The number of guanidine groups is 1. The Balaban J connectivity index is 2.40. The van der Waals surface area contributed by atoms with Crippen molar-refractivity contribution in [2.75, 3.05) is 19.7 Å². The van der Waals surface area contributed by atoms with E-state index >= 15 is 0 Å². The monoisotopic (exact) mass is 301 g/mol. The maximum atomic E-state index is 12.5. The fourth-order valence-corrected chi connectivity index (χ4v) is 1.39. The number of nitrogens with one attached hydrogen (secondary N) is 1. The number of hydrogen-bond acceptors (Lipinski definition) is 2. The number of alkyl halides is 3. The van der Waals surface area contributed by atoms with Gasteiger partial charge in [0.2, 0.25) is 0 Å². The summed E-state index contributed by atoms with van der Waals surface area (Å²) in [5.74, 6) is 0.398. The third-order valence-corrected chi connectivity index (χ3v) is 2.36. The molecule has 1 rings (SSSR count). The molecule has 0 aliphatic rings. The number of aliphatic imine (C=N–C) groups is 1. The standard InChI is InChI=1S/C14H18F3N3O/c1-10(2)9-20-13(18)19-6-7-21-12-5-3-4-11(8-12)14(15,16)17/h3-5,8H,1,6-7,9H2,2H3,(H3,18,19,20). The van der Waals surface area contributed by atoms with Crippen molar-refractivity contribution in [3.8, 4) is 5.75 Å². The number of ether oxygens (including phenoxy) is 1. The molecule has 0 aliphatic heterocycles. The van der Waals surface area contributed by atoms with Crippen molar-refractivity contribution in [2.24, 2.45) is 10.7 Å². The Morgan fingerprint density at radius 2 is 2.14 bits per heavy atom. The number of nitrogens with zero attached hydrogens (tertiary/aromatic N) is 1. The summed E-state index contributed by atoms with van der Waals surface area (Å²) in [5.41, 5.74) is 5.71. The number of nitrogens with two attached hydrogens (primary N) is 1. The first-order valence-electron chi connectivity index (χ1n) is 6.27. The Kier molecular flexibility index (Phi) is 6.08. The molecule has 0 spiro atoms. The summed E-state index contributed by atoms with van der Waals surface area (Å²) in [4.78, 5) is 3.99. The number of benzene rings is 1. The molecule has 0 saturated heterocycles. The number of rotatable bonds is 6. The zero-order valence-electron chi connectivity index (χ0n) is 11.7. The van der Waals surface area contributed by atoms with E-state index in [4.69, 9.17) is 10.5 Å². The molecule has 0 amide bonds. The van der Waals surface area contributed by atoms with Crippen LogP contribution in [-0.2, 0) is 6.18 Å². The zero-order valence-corrected chi connectivity index (χ0v) is 11.7. The minimum Gasteiger partial charge on any atom is -0.492 e. The van der Waals surface area contributed by atoms with Crippen LogP contribution in [0.4, 0.5) is 13.2 Å². The molecule has 3 N–H and O–H groups in total. The largest absolute Gasteiger partial charge is 0.492 e. The maximum absolute atomic E-state index is 12.5. The molecule has 0 aromatic heterocycles. The molecule has 0 bridgehead atoms. The van der Waals surface area contributed by atoms with Crippen molar-refractivity contribution in [3.63, 3.8) is 0 Å². The van der Waals surface area contributed by atoms with Gasteiger partial charge in [0, 0.05) is 0 Å². The summed E-state index contributed by atoms with van der Waals surface area (Å²) in [6.07, 6.45) is -4.38. The lowest BCUT2D eigenvalue weighted by Gasteiger charge is -2.11. The van der Waals surface area contributed by atoms with E-state index in [9.17, 15) is 13.2 Å². The second-order valence-corrected chi connectivity index (χ2v) is 4.46. The van der Waals surface area contributed by atoms with E-state index in [1.807, 2.05) is 6.92 Å². The molecular weight excluding hydrogens is 283 g/mol. The maximum Gasteiger partial charge on any atom is 0.416 e. The van der Waals surface area contributed by atoms with Crippen molar-refractivity contribution in [1.29, 1.82) is 0 Å². The first-order valence-corrected chi connectivity index (χ1v) is 6.27. The molecule has 21 heavy (non-hydrogen) atoms. The Hall–Kier alpha value is -2.18. The lowest BCUT2D eigenvalue weighted by atomic mass is 10.2. The van der Waals surface area contributed by atoms with Gasteiger partial charge < -0.3 is 15.8 Å². The van der Waals surface area contributed by atoms with Crippen molar-refractivity contribution in [3.05, 3.63) is 42.0 Å². The van der Waals surface area contributed by atoms with E-state index in [-0.39, 0.29) is 18.3 Å². The van der Waals surface area contributed by atoms with Gasteiger partial charge in [0.1, 0.15) is 12.4 Å². The van der Waals surface area contributed by atoms with Crippen molar-refractivity contribution in [2.45, 2.75) is 13.1 Å². The van der Waals surface area contributed by atoms with Gasteiger partial charge in [-0.2, -0.15) is 13.2 Å². The molecule has 0 atom stereocenters. The first-order chi connectivity index (χ1) is 9.79. The molecular formula is C14H18F3N3O. The third-order valence-electron chi connectivity index (χ3n) is 2.36. The second-order valence-electron chi connectivity index (χ2n) is 4.46. The lowest BCUT2D eigenvalue weighted by Crippen LogP contribution is -2.34. The normalized spacial score (nSPS) is 12.1. The highest BCUT2D eigenvalue weighted by Gasteiger charge is 2.30. The van der Waals surface area contributed by atoms with Crippen molar-refractivity contribution >= 4 is 5.96 Å². The Bertz CT molecular complexity index is 512. The minimum absolute atomic E-state index is 0.157. The molecule has 1 aromatic carbocycles. The van der Waals surface area contributed by atoms with Crippen molar-refractivity contribution in [1.82, 2.24) is 5.32 Å². The summed E-state index contributed by atoms with van der Waals surface area (Å²) in [5, 5.41) is 2.79. The average Bonchev–Trinajstić information content (AvgIpc) is 2.41. The second kappa shape index (κ2) is 7.56. The van der Waals surface area contributed by atoms with E-state index in [1.165, 1.54) is 12.1 Å². The van der Waals surface area contributed by atoms with Crippen LogP contribution in [0.5, 0.6) is 5.75 Å². The summed E-state index contributed by atoms with van der Waals surface area (Å²) in [7, 11) is 0.